The van der Waals surface area contributed by atoms with Gasteiger partial charge in [0.05, 0.1) is 6.04 Å². The van der Waals surface area contributed by atoms with Crippen molar-refractivity contribution in [1.82, 2.24) is 15.5 Å². The molecule has 2 aromatic carbocycles. The van der Waals surface area contributed by atoms with Gasteiger partial charge in [0.25, 0.3) is 5.91 Å². The number of hydrogen-bond donors (Lipinski definition) is 2. The van der Waals surface area contributed by atoms with Gasteiger partial charge in [-0.3, -0.25) is 9.59 Å². The van der Waals surface area contributed by atoms with E-state index in [1.165, 1.54) is 11.3 Å². The summed E-state index contributed by atoms with van der Waals surface area (Å²) < 4.78 is 0. The first-order chi connectivity index (χ1) is 13.5. The van der Waals surface area contributed by atoms with Crippen molar-refractivity contribution in [1.29, 1.82) is 0 Å². The molecule has 1 aromatic heterocycles. The number of aromatic nitrogens is 2. The first kappa shape index (κ1) is 20.0. The van der Waals surface area contributed by atoms with Gasteiger partial charge in [0.2, 0.25) is 10.9 Å². The Morgan fingerprint density at radius 3 is 2.64 bits per heavy atom. The minimum absolute atomic E-state index is 0.0674. The zero-order chi connectivity index (χ0) is 19.9. The lowest BCUT2D eigenvalue weighted by atomic mass is 10.1. The Labute approximate surface area is 172 Å². The number of halogens is 1. The summed E-state index contributed by atoms with van der Waals surface area (Å²) in [5.41, 5.74) is 1.63. The van der Waals surface area contributed by atoms with E-state index < -0.39 is 0 Å². The molecule has 3 rings (SSSR count). The quantitative estimate of drug-likeness (QED) is 0.605. The predicted octanol–water partition coefficient (Wildman–Crippen LogP) is 4.25. The van der Waals surface area contributed by atoms with Crippen LogP contribution in [0.1, 0.15) is 39.8 Å². The zero-order valence-electron chi connectivity index (χ0n) is 15.2. The van der Waals surface area contributed by atoms with Crippen molar-refractivity contribution < 1.29 is 9.59 Å². The Balaban J connectivity index is 1.50. The van der Waals surface area contributed by atoms with Gasteiger partial charge in [-0.2, -0.15) is 0 Å². The number of carbonyl (C=O) groups excluding carboxylic acids is 2. The number of anilines is 1. The highest BCUT2D eigenvalue weighted by atomic mass is 35.5. The molecule has 28 heavy (non-hydrogen) atoms. The lowest BCUT2D eigenvalue weighted by Crippen LogP contribution is -2.26. The third-order valence-corrected chi connectivity index (χ3v) is 5.20. The Hall–Kier alpha value is -2.77. The maximum atomic E-state index is 12.3. The van der Waals surface area contributed by atoms with Gasteiger partial charge < -0.3 is 10.6 Å². The van der Waals surface area contributed by atoms with Crippen LogP contribution in [-0.2, 0) is 11.2 Å². The van der Waals surface area contributed by atoms with Gasteiger partial charge in [0, 0.05) is 23.6 Å². The molecule has 0 spiro atoms. The third kappa shape index (κ3) is 5.61. The van der Waals surface area contributed by atoms with Crippen LogP contribution in [0.5, 0.6) is 0 Å². The highest BCUT2D eigenvalue weighted by molar-refractivity contribution is 7.13. The van der Waals surface area contributed by atoms with E-state index in [0.717, 1.165) is 5.56 Å². The third-order valence-electron chi connectivity index (χ3n) is 3.99. The van der Waals surface area contributed by atoms with Gasteiger partial charge in [-0.15, -0.1) is 10.2 Å². The fraction of sp³-hybridized carbons (Fsp3) is 0.200. The standard InChI is InChI=1S/C20H19ClN4O2S/c1-13(14-6-3-2-4-7-14)22-17(26)10-11-18-24-25-20(28-18)19(27)23-16-9-5-8-15(21)12-16/h2-9,12-13H,10-11H2,1H3,(H,22,26)(H,23,27). The summed E-state index contributed by atoms with van der Waals surface area (Å²) in [7, 11) is 0. The largest absolute Gasteiger partial charge is 0.350 e. The SMILES string of the molecule is CC(NC(=O)CCc1nnc(C(=O)Nc2cccc(Cl)c2)s1)c1ccccc1. The Kier molecular flexibility index (Phi) is 6.73. The number of carbonyl (C=O) groups is 2. The first-order valence-electron chi connectivity index (χ1n) is 8.75. The minimum Gasteiger partial charge on any atom is -0.350 e. The molecular weight excluding hydrogens is 396 g/mol. The molecule has 1 unspecified atom stereocenters. The average Bonchev–Trinajstić information content (AvgIpc) is 3.16. The van der Waals surface area contributed by atoms with Crippen molar-refractivity contribution in [3.63, 3.8) is 0 Å². The molecule has 2 N–H and O–H groups in total. The molecule has 0 fully saturated rings. The van der Waals surface area contributed by atoms with E-state index in [-0.39, 0.29) is 29.3 Å². The summed E-state index contributed by atoms with van der Waals surface area (Å²) in [6.07, 6.45) is 0.706. The van der Waals surface area contributed by atoms with Crippen molar-refractivity contribution in [3.05, 3.63) is 75.2 Å². The number of nitrogens with zero attached hydrogens (tertiary/aromatic N) is 2. The molecular formula is C20H19ClN4O2S. The zero-order valence-corrected chi connectivity index (χ0v) is 16.8. The van der Waals surface area contributed by atoms with Crippen LogP contribution >= 0.6 is 22.9 Å². The predicted molar refractivity (Wildman–Crippen MR) is 111 cm³/mol. The monoisotopic (exact) mass is 414 g/mol. The molecule has 8 heteroatoms. The summed E-state index contributed by atoms with van der Waals surface area (Å²) in [6.45, 7) is 1.94. The van der Waals surface area contributed by atoms with Crippen molar-refractivity contribution in [2.24, 2.45) is 0 Å². The van der Waals surface area contributed by atoms with Gasteiger partial charge in [0.1, 0.15) is 5.01 Å². The molecule has 0 saturated heterocycles. The molecule has 0 aliphatic heterocycles. The highest BCUT2D eigenvalue weighted by Crippen LogP contribution is 2.18. The summed E-state index contributed by atoms with van der Waals surface area (Å²) in [6, 6.07) is 16.6. The van der Waals surface area contributed by atoms with Crippen LogP contribution in [0.2, 0.25) is 5.02 Å². The van der Waals surface area contributed by atoms with Crippen molar-refractivity contribution in [3.8, 4) is 0 Å². The number of rotatable bonds is 7. The molecule has 6 nitrogen and oxygen atoms in total. The number of aryl methyl sites for hydroxylation is 1. The van der Waals surface area contributed by atoms with Crippen LogP contribution in [0.15, 0.2) is 54.6 Å². The second-order valence-corrected chi connectivity index (χ2v) is 7.66. The molecule has 0 bridgehead atoms. The summed E-state index contributed by atoms with van der Waals surface area (Å²) in [5.74, 6) is -0.426. The molecule has 1 atom stereocenters. The van der Waals surface area contributed by atoms with Gasteiger partial charge in [-0.25, -0.2) is 0 Å². The second kappa shape index (κ2) is 9.43. The molecule has 144 valence electrons. The van der Waals surface area contributed by atoms with E-state index in [1.807, 2.05) is 37.3 Å². The summed E-state index contributed by atoms with van der Waals surface area (Å²) in [5, 5.41) is 15.0. The molecule has 0 aliphatic carbocycles. The number of nitrogens with one attached hydrogen (secondary N) is 2. The molecule has 2 amide bonds. The van der Waals surface area contributed by atoms with Crippen LogP contribution < -0.4 is 10.6 Å². The second-order valence-electron chi connectivity index (χ2n) is 6.17. The number of amides is 2. The Morgan fingerprint density at radius 2 is 1.89 bits per heavy atom. The maximum absolute atomic E-state index is 12.3. The molecule has 0 aliphatic rings. The molecule has 3 aromatic rings. The van der Waals surface area contributed by atoms with Gasteiger partial charge in [0.15, 0.2) is 0 Å². The number of benzene rings is 2. The normalized spacial score (nSPS) is 11.6. The fourth-order valence-corrected chi connectivity index (χ4v) is 3.48. The van der Waals surface area contributed by atoms with E-state index in [1.54, 1.807) is 24.3 Å². The van der Waals surface area contributed by atoms with E-state index in [2.05, 4.69) is 20.8 Å². The summed E-state index contributed by atoms with van der Waals surface area (Å²) in [4.78, 5) is 24.4. The minimum atomic E-state index is -0.354. The average molecular weight is 415 g/mol. The molecule has 0 radical (unpaired) electrons. The van der Waals surface area contributed by atoms with Gasteiger partial charge in [-0.1, -0.05) is 59.3 Å². The van der Waals surface area contributed by atoms with E-state index in [4.69, 9.17) is 11.6 Å². The van der Waals surface area contributed by atoms with E-state index in [9.17, 15) is 9.59 Å². The van der Waals surface area contributed by atoms with E-state index >= 15 is 0 Å². The smallest absolute Gasteiger partial charge is 0.286 e. The summed E-state index contributed by atoms with van der Waals surface area (Å²) >= 11 is 7.08. The van der Waals surface area contributed by atoms with E-state index in [0.29, 0.717) is 22.1 Å². The van der Waals surface area contributed by atoms with Crippen LogP contribution in [0.3, 0.4) is 0 Å². The Morgan fingerprint density at radius 1 is 1.11 bits per heavy atom. The van der Waals surface area contributed by atoms with Crippen LogP contribution in [-0.4, -0.2) is 22.0 Å². The van der Waals surface area contributed by atoms with Crippen LogP contribution in [0.25, 0.3) is 0 Å². The fourth-order valence-electron chi connectivity index (χ4n) is 2.56. The highest BCUT2D eigenvalue weighted by Gasteiger charge is 2.15. The van der Waals surface area contributed by atoms with Crippen molar-refractivity contribution in [2.75, 3.05) is 5.32 Å². The lowest BCUT2D eigenvalue weighted by Gasteiger charge is -2.13. The lowest BCUT2D eigenvalue weighted by molar-refractivity contribution is -0.121. The van der Waals surface area contributed by atoms with Crippen LogP contribution in [0.4, 0.5) is 5.69 Å². The van der Waals surface area contributed by atoms with Crippen LogP contribution in [0, 0.1) is 0 Å². The Bertz CT molecular complexity index is 962. The van der Waals surface area contributed by atoms with Crippen molar-refractivity contribution in [2.45, 2.75) is 25.8 Å². The molecule has 0 saturated carbocycles. The first-order valence-corrected chi connectivity index (χ1v) is 9.94. The molecule has 1 heterocycles. The number of hydrogen-bond acceptors (Lipinski definition) is 5. The van der Waals surface area contributed by atoms with Gasteiger partial charge in [-0.05, 0) is 30.7 Å². The van der Waals surface area contributed by atoms with Crippen molar-refractivity contribution >= 4 is 40.4 Å². The van der Waals surface area contributed by atoms with Gasteiger partial charge >= 0.3 is 0 Å². The maximum Gasteiger partial charge on any atom is 0.286 e. The topological polar surface area (TPSA) is 84.0 Å².